The number of hydrogen-bond donors (Lipinski definition) is 0. The molecular formula is C11H12N6O4. The molecule has 10 heteroatoms. The zero-order chi connectivity index (χ0) is 15.6. The molecule has 10 nitrogen and oxygen atoms in total. The fourth-order valence-electron chi connectivity index (χ4n) is 1.75. The molecule has 0 N–H and O–H groups in total. The van der Waals surface area contributed by atoms with Gasteiger partial charge in [0.15, 0.2) is 0 Å². The quantitative estimate of drug-likeness (QED) is 0.610. The number of allylic oxidation sites excluding steroid dienone is 1. The van der Waals surface area contributed by atoms with Crippen molar-refractivity contribution in [3.05, 3.63) is 50.3 Å². The minimum absolute atomic E-state index is 0.213. The molecule has 0 radical (unpaired) electrons. The highest BCUT2D eigenvalue weighted by Crippen LogP contribution is 2.12. The van der Waals surface area contributed by atoms with Crippen LogP contribution in [-0.2, 0) is 6.54 Å². The van der Waals surface area contributed by atoms with Crippen LogP contribution >= 0.6 is 0 Å². The lowest BCUT2D eigenvalue weighted by Gasteiger charge is -1.96. The number of aryl methyl sites for hydroxylation is 2. The molecule has 0 aliphatic heterocycles. The van der Waals surface area contributed by atoms with Crippen molar-refractivity contribution in [2.45, 2.75) is 20.4 Å². The van der Waals surface area contributed by atoms with E-state index in [0.29, 0.717) is 18.2 Å². The molecule has 0 aromatic carbocycles. The van der Waals surface area contributed by atoms with E-state index in [2.05, 4.69) is 9.97 Å². The molecule has 2 heterocycles. The predicted octanol–water partition coefficient (Wildman–Crippen LogP) is 1.68. The Labute approximate surface area is 118 Å². The van der Waals surface area contributed by atoms with E-state index in [4.69, 9.17) is 0 Å². The van der Waals surface area contributed by atoms with Crippen LogP contribution in [0, 0.1) is 34.1 Å². The van der Waals surface area contributed by atoms with Crippen LogP contribution in [0.2, 0.25) is 0 Å². The zero-order valence-electron chi connectivity index (χ0n) is 11.3. The molecule has 0 unspecified atom stereocenters. The van der Waals surface area contributed by atoms with E-state index in [1.807, 2.05) is 0 Å². The molecule has 0 aliphatic rings. The first-order chi connectivity index (χ1) is 9.88. The average molecular weight is 292 g/mol. The van der Waals surface area contributed by atoms with Gasteiger partial charge in [-0.3, -0.25) is 4.57 Å². The second kappa shape index (κ2) is 5.53. The summed E-state index contributed by atoms with van der Waals surface area (Å²) in [4.78, 5) is 27.7. The van der Waals surface area contributed by atoms with Gasteiger partial charge in [-0.15, -0.1) is 0 Å². The van der Waals surface area contributed by atoms with Crippen molar-refractivity contribution in [3.8, 4) is 0 Å². The van der Waals surface area contributed by atoms with Gasteiger partial charge in [-0.25, -0.2) is 0 Å². The second-order valence-corrected chi connectivity index (χ2v) is 4.25. The lowest BCUT2D eigenvalue weighted by molar-refractivity contribution is -0.389. The fraction of sp³-hybridized carbons (Fsp3) is 0.273. The second-order valence-electron chi connectivity index (χ2n) is 4.25. The summed E-state index contributed by atoms with van der Waals surface area (Å²) in [5.74, 6) is 0.549. The maximum Gasteiger partial charge on any atom is 0.382 e. The zero-order valence-corrected chi connectivity index (χ0v) is 11.3. The Balaban J connectivity index is 2.12. The molecule has 2 aromatic rings. The number of aromatic nitrogens is 4. The van der Waals surface area contributed by atoms with Crippen molar-refractivity contribution in [3.63, 3.8) is 0 Å². The van der Waals surface area contributed by atoms with Gasteiger partial charge in [0.25, 0.3) is 0 Å². The van der Waals surface area contributed by atoms with E-state index in [1.54, 1.807) is 30.7 Å². The highest BCUT2D eigenvalue weighted by Gasteiger charge is 2.15. The molecule has 2 rings (SSSR count). The Morgan fingerprint density at radius 1 is 1.10 bits per heavy atom. The first kappa shape index (κ1) is 14.4. The van der Waals surface area contributed by atoms with E-state index in [1.165, 1.54) is 17.0 Å². The van der Waals surface area contributed by atoms with Crippen LogP contribution in [-0.4, -0.2) is 28.9 Å². The number of hydrogen-bond acceptors (Lipinski definition) is 6. The summed E-state index contributed by atoms with van der Waals surface area (Å²) in [7, 11) is 0. The van der Waals surface area contributed by atoms with Crippen LogP contribution < -0.4 is 0 Å². The van der Waals surface area contributed by atoms with Crippen LogP contribution in [0.25, 0.3) is 6.20 Å². The van der Waals surface area contributed by atoms with Crippen molar-refractivity contribution in [1.82, 2.24) is 19.1 Å². The predicted molar refractivity (Wildman–Crippen MR) is 72.6 cm³/mol. The number of rotatable bonds is 5. The van der Waals surface area contributed by atoms with Crippen molar-refractivity contribution < 1.29 is 9.85 Å². The molecule has 0 saturated carbocycles. The van der Waals surface area contributed by atoms with Gasteiger partial charge in [-0.1, -0.05) is 0 Å². The Bertz CT molecular complexity index is 729. The summed E-state index contributed by atoms with van der Waals surface area (Å²) < 4.78 is 3.12. The Morgan fingerprint density at radius 3 is 2.19 bits per heavy atom. The first-order valence-electron chi connectivity index (χ1n) is 5.93. The molecule has 0 spiro atoms. The molecule has 0 bridgehead atoms. The van der Waals surface area contributed by atoms with Gasteiger partial charge in [0.2, 0.25) is 11.6 Å². The lowest BCUT2D eigenvalue weighted by atomic mass is 10.5. The third-order valence-electron chi connectivity index (χ3n) is 2.81. The molecular weight excluding hydrogens is 280 g/mol. The summed E-state index contributed by atoms with van der Waals surface area (Å²) in [6.07, 6.45) is 5.95. The maximum absolute atomic E-state index is 10.6. The highest BCUT2D eigenvalue weighted by molar-refractivity contribution is 5.31. The summed E-state index contributed by atoms with van der Waals surface area (Å²) >= 11 is 0. The Morgan fingerprint density at radius 2 is 1.67 bits per heavy atom. The van der Waals surface area contributed by atoms with E-state index in [9.17, 15) is 20.2 Å². The molecule has 0 atom stereocenters. The Kier molecular flexibility index (Phi) is 3.78. The van der Waals surface area contributed by atoms with E-state index < -0.39 is 9.85 Å². The summed E-state index contributed by atoms with van der Waals surface area (Å²) in [6.45, 7) is 3.66. The monoisotopic (exact) mass is 292 g/mol. The molecule has 110 valence electrons. The third-order valence-corrected chi connectivity index (χ3v) is 2.81. The lowest BCUT2D eigenvalue weighted by Crippen LogP contribution is -1.97. The smallest absolute Gasteiger partial charge is 0.358 e. The third kappa shape index (κ3) is 3.11. The van der Waals surface area contributed by atoms with Crippen molar-refractivity contribution in [1.29, 1.82) is 0 Å². The molecule has 2 aromatic heterocycles. The average Bonchev–Trinajstić information content (AvgIpc) is 2.95. The fourth-order valence-corrected chi connectivity index (χ4v) is 1.75. The molecule has 0 amide bonds. The van der Waals surface area contributed by atoms with E-state index in [-0.39, 0.29) is 11.6 Å². The Hall–Kier alpha value is -3.04. The normalized spacial score (nSPS) is 11.1. The molecule has 0 saturated heterocycles. The van der Waals surface area contributed by atoms with Crippen LogP contribution in [0.5, 0.6) is 0 Å². The van der Waals surface area contributed by atoms with Crippen molar-refractivity contribution in [2.24, 2.45) is 0 Å². The SMILES string of the molecule is Cc1nc([N+](=O)[O-])cn1/C=C\Cn1cc([N+](=O)[O-])nc1C. The largest absolute Gasteiger partial charge is 0.382 e. The van der Waals surface area contributed by atoms with Gasteiger partial charge in [0, 0.05) is 26.6 Å². The summed E-state index contributed by atoms with van der Waals surface area (Å²) in [5, 5.41) is 21.2. The van der Waals surface area contributed by atoms with Crippen molar-refractivity contribution in [2.75, 3.05) is 0 Å². The van der Waals surface area contributed by atoms with Gasteiger partial charge in [-0.2, -0.15) is 0 Å². The minimum Gasteiger partial charge on any atom is -0.358 e. The van der Waals surface area contributed by atoms with E-state index >= 15 is 0 Å². The number of imidazole rings is 2. The van der Waals surface area contributed by atoms with Crippen LogP contribution in [0.15, 0.2) is 18.5 Å². The maximum atomic E-state index is 10.6. The molecule has 0 fully saturated rings. The van der Waals surface area contributed by atoms with Crippen molar-refractivity contribution >= 4 is 17.8 Å². The first-order valence-corrected chi connectivity index (χ1v) is 5.93. The number of nitrogens with zero attached hydrogens (tertiary/aromatic N) is 6. The molecule has 0 aliphatic carbocycles. The standard InChI is InChI=1S/C11H12N6O4/c1-8-12-10(16(18)19)6-14(8)4-3-5-15-7-11(17(20)21)13-9(15)2/h3-4,6-7H,5H2,1-2H3/b4-3-. The van der Waals surface area contributed by atoms with Crippen LogP contribution in [0.1, 0.15) is 11.6 Å². The van der Waals surface area contributed by atoms with Gasteiger partial charge in [0.05, 0.1) is 0 Å². The van der Waals surface area contributed by atoms with Crippen LogP contribution in [0.3, 0.4) is 0 Å². The minimum atomic E-state index is -0.569. The van der Waals surface area contributed by atoms with E-state index in [0.717, 1.165) is 0 Å². The van der Waals surface area contributed by atoms with Gasteiger partial charge in [0.1, 0.15) is 12.4 Å². The van der Waals surface area contributed by atoms with Gasteiger partial charge >= 0.3 is 11.6 Å². The molecule has 21 heavy (non-hydrogen) atoms. The summed E-state index contributed by atoms with van der Waals surface area (Å²) in [6, 6.07) is 0. The van der Waals surface area contributed by atoms with Crippen LogP contribution in [0.4, 0.5) is 11.6 Å². The topological polar surface area (TPSA) is 122 Å². The number of nitro groups is 2. The summed E-state index contributed by atoms with van der Waals surface area (Å²) in [5.41, 5.74) is 0. The van der Waals surface area contributed by atoms with Gasteiger partial charge in [-0.05, 0) is 25.9 Å². The highest BCUT2D eigenvalue weighted by atomic mass is 16.6. The van der Waals surface area contributed by atoms with Gasteiger partial charge < -0.3 is 24.8 Å².